The Morgan fingerprint density at radius 3 is 2.56 bits per heavy atom. The van der Waals surface area contributed by atoms with Gasteiger partial charge in [-0.15, -0.1) is 0 Å². The SMILES string of the molecule is Cc1cc(-c2c(C(N)=O)c(F)cc3[nH]nc(C4CC4)c23)ccc1S(C)(=O)=O. The first kappa shape index (κ1) is 17.7. The zero-order chi connectivity index (χ0) is 19.5. The molecule has 6 nitrogen and oxygen atoms in total. The molecule has 1 amide bonds. The number of carbonyl (C=O) groups is 1. The molecule has 4 rings (SSSR count). The zero-order valence-corrected chi connectivity index (χ0v) is 15.7. The third-order valence-electron chi connectivity index (χ3n) is 4.91. The van der Waals surface area contributed by atoms with Crippen molar-refractivity contribution in [2.24, 2.45) is 5.73 Å². The molecular formula is C19H18FN3O3S. The maximum atomic E-state index is 14.7. The molecule has 140 valence electrons. The molecule has 0 saturated heterocycles. The zero-order valence-electron chi connectivity index (χ0n) is 14.8. The Morgan fingerprint density at radius 2 is 2.00 bits per heavy atom. The lowest BCUT2D eigenvalue weighted by molar-refractivity contribution is 0.0997. The maximum absolute atomic E-state index is 14.7. The summed E-state index contributed by atoms with van der Waals surface area (Å²) in [5.74, 6) is -1.35. The number of hydrogen-bond acceptors (Lipinski definition) is 4. The molecule has 0 atom stereocenters. The van der Waals surface area contributed by atoms with Gasteiger partial charge in [-0.05, 0) is 37.0 Å². The first-order valence-electron chi connectivity index (χ1n) is 8.50. The number of sulfone groups is 1. The van der Waals surface area contributed by atoms with Gasteiger partial charge in [-0.1, -0.05) is 12.1 Å². The summed E-state index contributed by atoms with van der Waals surface area (Å²) in [6.45, 7) is 1.66. The van der Waals surface area contributed by atoms with E-state index in [-0.39, 0.29) is 16.4 Å². The average Bonchev–Trinajstić information content (AvgIpc) is 3.32. The minimum atomic E-state index is -3.39. The number of H-pyrrole nitrogens is 1. The van der Waals surface area contributed by atoms with Gasteiger partial charge in [0.15, 0.2) is 9.84 Å². The Labute approximate surface area is 155 Å². The number of hydrogen-bond donors (Lipinski definition) is 2. The Hall–Kier alpha value is -2.74. The molecule has 1 aliphatic rings. The third-order valence-corrected chi connectivity index (χ3v) is 6.16. The molecular weight excluding hydrogens is 369 g/mol. The van der Waals surface area contributed by atoms with Gasteiger partial charge in [-0.2, -0.15) is 5.10 Å². The molecule has 0 unspecified atom stereocenters. The molecule has 0 aliphatic heterocycles. The summed E-state index contributed by atoms with van der Waals surface area (Å²) in [4.78, 5) is 12.2. The van der Waals surface area contributed by atoms with E-state index < -0.39 is 21.6 Å². The van der Waals surface area contributed by atoms with Gasteiger partial charge in [-0.3, -0.25) is 9.89 Å². The molecule has 3 aromatic rings. The van der Waals surface area contributed by atoms with E-state index in [2.05, 4.69) is 10.2 Å². The van der Waals surface area contributed by atoms with Gasteiger partial charge >= 0.3 is 0 Å². The molecule has 0 bridgehead atoms. The topological polar surface area (TPSA) is 106 Å². The fourth-order valence-corrected chi connectivity index (χ4v) is 4.54. The van der Waals surface area contributed by atoms with Crippen LogP contribution in [-0.2, 0) is 9.84 Å². The highest BCUT2D eigenvalue weighted by molar-refractivity contribution is 7.90. The second-order valence-electron chi connectivity index (χ2n) is 7.03. The molecule has 8 heteroatoms. The number of carbonyl (C=O) groups excluding carboxylic acids is 1. The van der Waals surface area contributed by atoms with Crippen molar-refractivity contribution in [3.8, 4) is 11.1 Å². The number of primary amides is 1. The lowest BCUT2D eigenvalue weighted by Gasteiger charge is -2.13. The Balaban J connectivity index is 2.08. The molecule has 1 aromatic heterocycles. The van der Waals surface area contributed by atoms with Crippen molar-refractivity contribution in [3.63, 3.8) is 0 Å². The number of nitrogens with one attached hydrogen (secondary N) is 1. The van der Waals surface area contributed by atoms with Crippen molar-refractivity contribution in [1.29, 1.82) is 0 Å². The molecule has 3 N–H and O–H groups in total. The molecule has 1 fully saturated rings. The van der Waals surface area contributed by atoms with Crippen LogP contribution in [0.4, 0.5) is 4.39 Å². The molecule has 0 spiro atoms. The van der Waals surface area contributed by atoms with Crippen LogP contribution in [0.5, 0.6) is 0 Å². The molecule has 27 heavy (non-hydrogen) atoms. The van der Waals surface area contributed by atoms with Crippen molar-refractivity contribution in [2.75, 3.05) is 6.26 Å². The monoisotopic (exact) mass is 387 g/mol. The standard InChI is InChI=1S/C19H18FN3O3S/c1-9-7-11(5-6-14(9)27(2,25)26)15-16(19(21)24)12(20)8-13-17(15)18(23-22-13)10-3-4-10/h5-8,10H,3-4H2,1-2H3,(H2,21,24)(H,22,23). The molecule has 1 heterocycles. The quantitative estimate of drug-likeness (QED) is 0.717. The van der Waals surface area contributed by atoms with Gasteiger partial charge in [0.1, 0.15) is 5.82 Å². The summed E-state index contributed by atoms with van der Waals surface area (Å²) >= 11 is 0. The summed E-state index contributed by atoms with van der Waals surface area (Å²) in [5.41, 5.74) is 7.95. The minimum Gasteiger partial charge on any atom is -0.365 e. The van der Waals surface area contributed by atoms with Gasteiger partial charge < -0.3 is 5.73 Å². The third kappa shape index (κ3) is 2.90. The van der Waals surface area contributed by atoms with E-state index in [1.165, 1.54) is 12.1 Å². The van der Waals surface area contributed by atoms with Crippen molar-refractivity contribution >= 4 is 26.6 Å². The number of rotatable bonds is 4. The number of halogens is 1. The Morgan fingerprint density at radius 1 is 1.30 bits per heavy atom. The van der Waals surface area contributed by atoms with Gasteiger partial charge in [0.25, 0.3) is 5.91 Å². The first-order chi connectivity index (χ1) is 12.7. The number of benzene rings is 2. The number of nitrogens with two attached hydrogens (primary N) is 1. The van der Waals surface area contributed by atoms with E-state index >= 15 is 0 Å². The summed E-state index contributed by atoms with van der Waals surface area (Å²) in [6.07, 6.45) is 3.09. The van der Waals surface area contributed by atoms with Crippen LogP contribution in [0.2, 0.25) is 0 Å². The number of amides is 1. The van der Waals surface area contributed by atoms with Crippen LogP contribution < -0.4 is 5.73 Å². The number of aromatic nitrogens is 2. The van der Waals surface area contributed by atoms with Gasteiger partial charge in [-0.25, -0.2) is 12.8 Å². The van der Waals surface area contributed by atoms with Crippen LogP contribution >= 0.6 is 0 Å². The van der Waals surface area contributed by atoms with E-state index in [1.807, 2.05) is 0 Å². The number of aryl methyl sites for hydroxylation is 1. The van der Waals surface area contributed by atoms with Gasteiger partial charge in [0, 0.05) is 29.2 Å². The fraction of sp³-hybridized carbons (Fsp3) is 0.263. The number of aromatic amines is 1. The van der Waals surface area contributed by atoms with Crippen LogP contribution in [-0.4, -0.2) is 30.8 Å². The highest BCUT2D eigenvalue weighted by Gasteiger charge is 2.31. The molecule has 2 aromatic carbocycles. The lowest BCUT2D eigenvalue weighted by atomic mass is 9.92. The largest absolute Gasteiger partial charge is 0.365 e. The van der Waals surface area contributed by atoms with Gasteiger partial charge in [0.2, 0.25) is 0 Å². The predicted molar refractivity (Wildman–Crippen MR) is 99.8 cm³/mol. The molecule has 0 radical (unpaired) electrons. The summed E-state index contributed by atoms with van der Waals surface area (Å²) in [5, 5.41) is 7.83. The van der Waals surface area contributed by atoms with Crippen molar-refractivity contribution < 1.29 is 17.6 Å². The lowest BCUT2D eigenvalue weighted by Crippen LogP contribution is -2.15. The summed E-state index contributed by atoms with van der Waals surface area (Å²) in [7, 11) is -3.39. The highest BCUT2D eigenvalue weighted by Crippen LogP contribution is 2.45. The number of fused-ring (bicyclic) bond motifs is 1. The Bertz CT molecular complexity index is 1210. The van der Waals surface area contributed by atoms with Gasteiger partial charge in [0.05, 0.1) is 21.7 Å². The van der Waals surface area contributed by atoms with E-state index in [1.54, 1.807) is 19.1 Å². The van der Waals surface area contributed by atoms with Crippen LogP contribution in [0.3, 0.4) is 0 Å². The fourth-order valence-electron chi connectivity index (χ4n) is 3.58. The Kier molecular flexibility index (Phi) is 3.85. The molecule has 1 saturated carbocycles. The van der Waals surface area contributed by atoms with Crippen molar-refractivity contribution in [3.05, 3.63) is 46.9 Å². The number of nitrogens with zero attached hydrogens (tertiary/aromatic N) is 1. The normalized spacial score (nSPS) is 14.6. The van der Waals surface area contributed by atoms with E-state index in [0.717, 1.165) is 24.8 Å². The second kappa shape index (κ2) is 5.88. The molecule has 1 aliphatic carbocycles. The van der Waals surface area contributed by atoms with Crippen LogP contribution in [0.15, 0.2) is 29.2 Å². The van der Waals surface area contributed by atoms with Crippen LogP contribution in [0, 0.1) is 12.7 Å². The van der Waals surface area contributed by atoms with Crippen LogP contribution in [0.1, 0.15) is 40.4 Å². The maximum Gasteiger partial charge on any atom is 0.252 e. The summed E-state index contributed by atoms with van der Waals surface area (Å²) < 4.78 is 38.5. The predicted octanol–water partition coefficient (Wildman–Crippen LogP) is 3.06. The minimum absolute atomic E-state index is 0.189. The smallest absolute Gasteiger partial charge is 0.252 e. The van der Waals surface area contributed by atoms with Crippen molar-refractivity contribution in [1.82, 2.24) is 10.2 Å². The summed E-state index contributed by atoms with van der Waals surface area (Å²) in [6, 6.07) is 5.92. The van der Waals surface area contributed by atoms with Crippen LogP contribution in [0.25, 0.3) is 22.0 Å². The van der Waals surface area contributed by atoms with Crippen molar-refractivity contribution in [2.45, 2.75) is 30.6 Å². The highest BCUT2D eigenvalue weighted by atomic mass is 32.2. The van der Waals surface area contributed by atoms with E-state index in [0.29, 0.717) is 27.6 Å². The average molecular weight is 387 g/mol. The first-order valence-corrected chi connectivity index (χ1v) is 10.4. The van der Waals surface area contributed by atoms with E-state index in [4.69, 9.17) is 5.73 Å². The second-order valence-corrected chi connectivity index (χ2v) is 9.01. The van der Waals surface area contributed by atoms with E-state index in [9.17, 15) is 17.6 Å².